The van der Waals surface area contributed by atoms with Crippen LogP contribution >= 0.6 is 11.6 Å². The smallest absolute Gasteiger partial charge is 0.148 e. The molecule has 0 spiro atoms. The van der Waals surface area contributed by atoms with Crippen molar-refractivity contribution >= 4 is 28.9 Å². The average Bonchev–Trinajstić information content (AvgIpc) is 2.44. The third-order valence-corrected chi connectivity index (χ3v) is 3.43. The summed E-state index contributed by atoms with van der Waals surface area (Å²) in [6, 6.07) is 5.75. The molecule has 5 nitrogen and oxygen atoms in total. The summed E-state index contributed by atoms with van der Waals surface area (Å²) in [5.74, 6) is 7.54. The summed E-state index contributed by atoms with van der Waals surface area (Å²) in [5.41, 5.74) is 5.35. The van der Waals surface area contributed by atoms with Crippen LogP contribution in [0.1, 0.15) is 23.9 Å². The largest absolute Gasteiger partial charge is 0.338 e. The minimum Gasteiger partial charge on any atom is -0.338 e. The van der Waals surface area contributed by atoms with E-state index in [0.29, 0.717) is 16.7 Å². The van der Waals surface area contributed by atoms with E-state index in [0.717, 1.165) is 29.1 Å². The highest BCUT2D eigenvalue weighted by atomic mass is 35.5. The Balaban J connectivity index is 2.48. The fourth-order valence-corrected chi connectivity index (χ4v) is 2.16. The molecule has 1 heterocycles. The van der Waals surface area contributed by atoms with E-state index in [1.807, 2.05) is 39.0 Å². The molecule has 0 aliphatic heterocycles. The first-order valence-corrected chi connectivity index (χ1v) is 6.80. The fourth-order valence-electron chi connectivity index (χ4n) is 1.89. The lowest BCUT2D eigenvalue weighted by molar-refractivity contribution is 0.932. The van der Waals surface area contributed by atoms with Crippen LogP contribution in [0.5, 0.6) is 0 Å². The Morgan fingerprint density at radius 1 is 1.20 bits per heavy atom. The number of hydrazine groups is 1. The average molecular weight is 292 g/mol. The van der Waals surface area contributed by atoms with Crippen molar-refractivity contribution in [2.45, 2.75) is 27.2 Å². The van der Waals surface area contributed by atoms with Crippen LogP contribution in [0.2, 0.25) is 5.02 Å². The van der Waals surface area contributed by atoms with Crippen molar-refractivity contribution in [2.24, 2.45) is 5.84 Å². The van der Waals surface area contributed by atoms with Crippen LogP contribution in [0.3, 0.4) is 0 Å². The zero-order valence-electron chi connectivity index (χ0n) is 11.8. The van der Waals surface area contributed by atoms with Crippen molar-refractivity contribution in [3.05, 3.63) is 40.2 Å². The number of nitrogens with one attached hydrogen (secondary N) is 2. The highest BCUT2D eigenvalue weighted by Crippen LogP contribution is 2.30. The molecule has 0 saturated carbocycles. The van der Waals surface area contributed by atoms with Gasteiger partial charge >= 0.3 is 0 Å². The number of hydrogen-bond acceptors (Lipinski definition) is 5. The fraction of sp³-hybridized carbons (Fsp3) is 0.286. The Bertz CT molecular complexity index is 607. The van der Waals surface area contributed by atoms with Crippen molar-refractivity contribution in [3.63, 3.8) is 0 Å². The van der Waals surface area contributed by atoms with E-state index >= 15 is 0 Å². The second-order valence-electron chi connectivity index (χ2n) is 4.52. The normalized spacial score (nSPS) is 10.4. The van der Waals surface area contributed by atoms with Gasteiger partial charge in [0.25, 0.3) is 0 Å². The topological polar surface area (TPSA) is 75.9 Å². The second kappa shape index (κ2) is 6.07. The lowest BCUT2D eigenvalue weighted by Gasteiger charge is -2.15. The monoisotopic (exact) mass is 291 g/mol. The predicted molar refractivity (Wildman–Crippen MR) is 83.4 cm³/mol. The maximum atomic E-state index is 6.23. The van der Waals surface area contributed by atoms with E-state index in [9.17, 15) is 0 Å². The van der Waals surface area contributed by atoms with Gasteiger partial charge in [-0.25, -0.2) is 15.8 Å². The molecule has 0 aliphatic rings. The summed E-state index contributed by atoms with van der Waals surface area (Å²) < 4.78 is 0. The Morgan fingerprint density at radius 3 is 2.50 bits per heavy atom. The lowest BCUT2D eigenvalue weighted by Crippen LogP contribution is -2.14. The standard InChI is InChI=1S/C14H18ClN5/c1-4-11-17-13(9(3)14(18-11)20-16)19-12-8(2)6-5-7-10(12)15/h5-7H,4,16H2,1-3H3,(H2,17,18,19,20). The summed E-state index contributed by atoms with van der Waals surface area (Å²) in [4.78, 5) is 8.84. The Hall–Kier alpha value is -1.85. The first-order chi connectivity index (χ1) is 9.56. The summed E-state index contributed by atoms with van der Waals surface area (Å²) in [5, 5.41) is 3.94. The van der Waals surface area contributed by atoms with Crippen LogP contribution < -0.4 is 16.6 Å². The molecule has 2 rings (SSSR count). The first-order valence-electron chi connectivity index (χ1n) is 6.43. The van der Waals surface area contributed by atoms with E-state index in [2.05, 4.69) is 20.7 Å². The van der Waals surface area contributed by atoms with Gasteiger partial charge in [0.15, 0.2) is 0 Å². The summed E-state index contributed by atoms with van der Waals surface area (Å²) >= 11 is 6.23. The highest BCUT2D eigenvalue weighted by Gasteiger charge is 2.12. The molecule has 1 aromatic carbocycles. The first kappa shape index (κ1) is 14.6. The molecule has 20 heavy (non-hydrogen) atoms. The number of rotatable bonds is 4. The molecule has 0 bridgehead atoms. The van der Waals surface area contributed by atoms with Gasteiger partial charge in [0.2, 0.25) is 0 Å². The van der Waals surface area contributed by atoms with E-state index in [1.165, 1.54) is 0 Å². The molecule has 4 N–H and O–H groups in total. The quantitative estimate of drug-likeness (QED) is 0.595. The second-order valence-corrected chi connectivity index (χ2v) is 4.92. The Morgan fingerprint density at radius 2 is 1.90 bits per heavy atom. The van der Waals surface area contributed by atoms with Crippen LogP contribution in [0.15, 0.2) is 18.2 Å². The van der Waals surface area contributed by atoms with E-state index in [1.54, 1.807) is 0 Å². The number of benzene rings is 1. The number of hydrogen-bond donors (Lipinski definition) is 3. The molecule has 0 fully saturated rings. The molecule has 0 amide bonds. The molecular weight excluding hydrogens is 274 g/mol. The van der Waals surface area contributed by atoms with E-state index in [-0.39, 0.29) is 0 Å². The molecule has 1 aromatic heterocycles. The molecule has 0 atom stereocenters. The lowest BCUT2D eigenvalue weighted by atomic mass is 10.2. The van der Waals surface area contributed by atoms with Crippen molar-refractivity contribution in [2.75, 3.05) is 10.7 Å². The highest BCUT2D eigenvalue weighted by molar-refractivity contribution is 6.33. The SMILES string of the molecule is CCc1nc(NN)c(C)c(Nc2c(C)cccc2Cl)n1. The summed E-state index contributed by atoms with van der Waals surface area (Å²) in [7, 11) is 0. The van der Waals surface area contributed by atoms with Crippen LogP contribution in [0, 0.1) is 13.8 Å². The Labute approximate surface area is 123 Å². The summed E-state index contributed by atoms with van der Waals surface area (Å²) in [6.07, 6.45) is 0.727. The molecule has 6 heteroatoms. The van der Waals surface area contributed by atoms with Gasteiger partial charge in [-0.3, -0.25) is 0 Å². The van der Waals surface area contributed by atoms with Gasteiger partial charge in [-0.1, -0.05) is 30.7 Å². The molecule has 106 valence electrons. The third-order valence-electron chi connectivity index (χ3n) is 3.11. The molecule has 0 radical (unpaired) electrons. The van der Waals surface area contributed by atoms with E-state index < -0.39 is 0 Å². The number of aryl methyl sites for hydroxylation is 2. The van der Waals surface area contributed by atoms with Gasteiger partial charge in [-0.2, -0.15) is 0 Å². The number of nitrogens with zero attached hydrogens (tertiary/aromatic N) is 2. The van der Waals surface area contributed by atoms with Gasteiger partial charge in [0, 0.05) is 12.0 Å². The van der Waals surface area contributed by atoms with Crippen molar-refractivity contribution in [1.82, 2.24) is 9.97 Å². The van der Waals surface area contributed by atoms with E-state index in [4.69, 9.17) is 17.4 Å². The molecule has 2 aromatic rings. The van der Waals surface area contributed by atoms with Gasteiger partial charge in [0.1, 0.15) is 17.5 Å². The zero-order chi connectivity index (χ0) is 14.7. The van der Waals surface area contributed by atoms with Crippen LogP contribution in [0.25, 0.3) is 0 Å². The van der Waals surface area contributed by atoms with Crippen molar-refractivity contribution in [1.29, 1.82) is 0 Å². The predicted octanol–water partition coefficient (Wildman–Crippen LogP) is 3.34. The zero-order valence-corrected chi connectivity index (χ0v) is 12.5. The molecule has 0 saturated heterocycles. The minimum absolute atomic E-state index is 0.615. The number of nitrogens with two attached hydrogens (primary N) is 1. The number of para-hydroxylation sites is 1. The third kappa shape index (κ3) is 2.84. The van der Waals surface area contributed by atoms with Gasteiger partial charge in [-0.05, 0) is 25.5 Å². The number of anilines is 3. The van der Waals surface area contributed by atoms with Gasteiger partial charge in [-0.15, -0.1) is 0 Å². The number of nitrogen functional groups attached to an aromatic ring is 1. The van der Waals surface area contributed by atoms with Gasteiger partial charge in [0.05, 0.1) is 10.7 Å². The molecular formula is C14H18ClN5. The molecule has 0 aliphatic carbocycles. The van der Waals surface area contributed by atoms with Crippen molar-refractivity contribution in [3.8, 4) is 0 Å². The summed E-state index contributed by atoms with van der Waals surface area (Å²) in [6.45, 7) is 5.90. The Kier molecular flexibility index (Phi) is 4.42. The number of halogens is 1. The maximum Gasteiger partial charge on any atom is 0.148 e. The van der Waals surface area contributed by atoms with Crippen molar-refractivity contribution < 1.29 is 0 Å². The van der Waals surface area contributed by atoms with Crippen LogP contribution in [-0.2, 0) is 6.42 Å². The van der Waals surface area contributed by atoms with Crippen LogP contribution in [-0.4, -0.2) is 9.97 Å². The minimum atomic E-state index is 0.615. The maximum absolute atomic E-state index is 6.23. The van der Waals surface area contributed by atoms with Gasteiger partial charge < -0.3 is 10.7 Å². The molecule has 0 unspecified atom stereocenters. The van der Waals surface area contributed by atoms with Crippen LogP contribution in [0.4, 0.5) is 17.3 Å². The number of aromatic nitrogens is 2.